The zero-order valence-electron chi connectivity index (χ0n) is 18.3. The molecule has 1 N–H and O–H groups in total. The summed E-state index contributed by atoms with van der Waals surface area (Å²) in [5, 5.41) is 2.72. The van der Waals surface area contributed by atoms with E-state index in [0.717, 1.165) is 21.2 Å². The number of hydrogen-bond donors (Lipinski definition) is 1. The smallest absolute Gasteiger partial charge is 0.261 e. The molecule has 32 heavy (non-hydrogen) atoms. The van der Waals surface area contributed by atoms with Crippen LogP contribution >= 0.6 is 15.9 Å². The van der Waals surface area contributed by atoms with Crippen LogP contribution in [0.15, 0.2) is 83.3 Å². The largest absolute Gasteiger partial charge is 0.484 e. The zero-order chi connectivity index (χ0) is 22.9. The van der Waals surface area contributed by atoms with E-state index in [1.165, 1.54) is 0 Å². The Morgan fingerprint density at radius 1 is 0.969 bits per heavy atom. The number of benzene rings is 3. The number of halogens is 1. The van der Waals surface area contributed by atoms with Crippen LogP contribution in [0.1, 0.15) is 16.7 Å². The molecule has 166 valence electrons. The first-order valence-corrected chi connectivity index (χ1v) is 11.2. The molecule has 0 aliphatic carbocycles. The number of amides is 2. The Kier molecular flexibility index (Phi) is 8.45. The van der Waals surface area contributed by atoms with Crippen molar-refractivity contribution in [2.75, 3.05) is 13.7 Å². The van der Waals surface area contributed by atoms with Gasteiger partial charge in [0.05, 0.1) is 0 Å². The summed E-state index contributed by atoms with van der Waals surface area (Å²) in [4.78, 5) is 27.8. The fraction of sp³-hybridized carbons (Fsp3) is 0.231. The van der Waals surface area contributed by atoms with Crippen LogP contribution in [-0.4, -0.2) is 36.4 Å². The number of hydrogen-bond acceptors (Lipinski definition) is 3. The second-order valence-corrected chi connectivity index (χ2v) is 8.49. The maximum Gasteiger partial charge on any atom is 0.261 e. The highest BCUT2D eigenvalue weighted by Gasteiger charge is 2.30. The normalized spacial score (nSPS) is 11.5. The summed E-state index contributed by atoms with van der Waals surface area (Å²) in [6.45, 7) is 2.11. The topological polar surface area (TPSA) is 58.6 Å². The lowest BCUT2D eigenvalue weighted by atomic mass is 10.0. The van der Waals surface area contributed by atoms with Crippen molar-refractivity contribution < 1.29 is 14.3 Å². The van der Waals surface area contributed by atoms with Crippen LogP contribution in [0.5, 0.6) is 5.75 Å². The lowest BCUT2D eigenvalue weighted by molar-refractivity contribution is -0.142. The molecule has 3 aromatic carbocycles. The quantitative estimate of drug-likeness (QED) is 0.475. The van der Waals surface area contributed by atoms with Crippen LogP contribution in [-0.2, 0) is 22.6 Å². The van der Waals surface area contributed by atoms with Crippen molar-refractivity contribution in [3.63, 3.8) is 0 Å². The Hall–Kier alpha value is -3.12. The molecule has 3 aromatic rings. The number of nitrogens with one attached hydrogen (secondary N) is 1. The highest BCUT2D eigenvalue weighted by atomic mass is 79.9. The second kappa shape index (κ2) is 11.5. The Morgan fingerprint density at radius 2 is 1.69 bits per heavy atom. The van der Waals surface area contributed by atoms with Gasteiger partial charge in [-0.1, -0.05) is 70.5 Å². The fourth-order valence-corrected chi connectivity index (χ4v) is 3.93. The Balaban J connectivity index is 1.87. The minimum absolute atomic E-state index is 0.153. The average molecular weight is 495 g/mol. The number of ether oxygens (including phenoxy) is 1. The van der Waals surface area contributed by atoms with Gasteiger partial charge in [0.15, 0.2) is 6.61 Å². The van der Waals surface area contributed by atoms with Gasteiger partial charge in [0.2, 0.25) is 5.91 Å². The summed E-state index contributed by atoms with van der Waals surface area (Å²) < 4.78 is 6.69. The molecule has 1 atom stereocenters. The van der Waals surface area contributed by atoms with E-state index in [1.54, 1.807) is 11.9 Å². The van der Waals surface area contributed by atoms with Gasteiger partial charge in [0.25, 0.3) is 5.91 Å². The zero-order valence-corrected chi connectivity index (χ0v) is 19.8. The fourth-order valence-electron chi connectivity index (χ4n) is 3.49. The number of carbonyl (C=O) groups excluding carboxylic acids is 2. The predicted octanol–water partition coefficient (Wildman–Crippen LogP) is 4.52. The van der Waals surface area contributed by atoms with Crippen LogP contribution in [0.4, 0.5) is 0 Å². The molecule has 0 spiro atoms. The van der Waals surface area contributed by atoms with Gasteiger partial charge < -0.3 is 15.0 Å². The molecule has 0 bridgehead atoms. The first kappa shape index (κ1) is 23.5. The number of likely N-dealkylation sites (N-methyl/N-ethyl adjacent to an activating group) is 1. The number of aryl methyl sites for hydroxylation is 1. The highest BCUT2D eigenvalue weighted by molar-refractivity contribution is 9.10. The summed E-state index contributed by atoms with van der Waals surface area (Å²) in [5.41, 5.74) is 2.95. The van der Waals surface area contributed by atoms with Gasteiger partial charge in [0.1, 0.15) is 11.8 Å². The first-order valence-electron chi connectivity index (χ1n) is 10.4. The van der Waals surface area contributed by atoms with Crippen LogP contribution in [0.3, 0.4) is 0 Å². The van der Waals surface area contributed by atoms with Crippen molar-refractivity contribution in [2.45, 2.75) is 25.9 Å². The van der Waals surface area contributed by atoms with E-state index in [2.05, 4.69) is 21.2 Å². The summed E-state index contributed by atoms with van der Waals surface area (Å²) >= 11 is 3.48. The van der Waals surface area contributed by atoms with Crippen LogP contribution in [0.25, 0.3) is 0 Å². The summed E-state index contributed by atoms with van der Waals surface area (Å²) in [6, 6.07) is 24.3. The van der Waals surface area contributed by atoms with Crippen molar-refractivity contribution in [1.82, 2.24) is 10.2 Å². The van der Waals surface area contributed by atoms with Crippen molar-refractivity contribution >= 4 is 27.7 Å². The van der Waals surface area contributed by atoms with Gasteiger partial charge in [0, 0.05) is 24.5 Å². The molecule has 5 nitrogen and oxygen atoms in total. The van der Waals surface area contributed by atoms with Crippen molar-refractivity contribution in [3.8, 4) is 5.75 Å². The Morgan fingerprint density at radius 3 is 2.38 bits per heavy atom. The van der Waals surface area contributed by atoms with Gasteiger partial charge in [-0.15, -0.1) is 0 Å². The third kappa shape index (κ3) is 6.69. The third-order valence-electron chi connectivity index (χ3n) is 5.11. The molecule has 1 unspecified atom stereocenters. The van der Waals surface area contributed by atoms with Crippen molar-refractivity contribution in [3.05, 3.63) is 100 Å². The standard InChI is InChI=1S/C26H27BrN2O3/c1-19-8-6-13-23(14-19)32-18-25(30)29(17-21-11-7-12-22(27)15-21)24(26(31)28-2)16-20-9-4-3-5-10-20/h3-15,24H,16-18H2,1-2H3,(H,28,31). The Labute approximate surface area is 197 Å². The van der Waals surface area contributed by atoms with E-state index in [9.17, 15) is 9.59 Å². The van der Waals surface area contributed by atoms with Gasteiger partial charge in [-0.2, -0.15) is 0 Å². The monoisotopic (exact) mass is 494 g/mol. The molecule has 0 aliphatic rings. The molecular weight excluding hydrogens is 468 g/mol. The molecule has 0 radical (unpaired) electrons. The SMILES string of the molecule is CNC(=O)C(Cc1ccccc1)N(Cc1cccc(Br)c1)C(=O)COc1cccc(C)c1. The molecule has 0 aliphatic heterocycles. The average Bonchev–Trinajstić information content (AvgIpc) is 2.80. The molecule has 6 heteroatoms. The summed E-state index contributed by atoms with van der Waals surface area (Å²) in [7, 11) is 1.59. The Bertz CT molecular complexity index is 1060. The van der Waals surface area contributed by atoms with Gasteiger partial charge >= 0.3 is 0 Å². The summed E-state index contributed by atoms with van der Waals surface area (Å²) in [5.74, 6) is 0.157. The van der Waals surface area contributed by atoms with E-state index in [1.807, 2.05) is 85.8 Å². The van der Waals surface area contributed by atoms with E-state index in [0.29, 0.717) is 18.7 Å². The van der Waals surface area contributed by atoms with Crippen LogP contribution in [0, 0.1) is 6.92 Å². The maximum absolute atomic E-state index is 13.4. The minimum atomic E-state index is -0.671. The highest BCUT2D eigenvalue weighted by Crippen LogP contribution is 2.19. The molecule has 0 fully saturated rings. The third-order valence-corrected chi connectivity index (χ3v) is 5.60. The number of carbonyl (C=O) groups is 2. The molecular formula is C26H27BrN2O3. The molecule has 3 rings (SSSR count). The molecule has 0 heterocycles. The lowest BCUT2D eigenvalue weighted by Gasteiger charge is -2.31. The van der Waals surface area contributed by atoms with Crippen molar-refractivity contribution in [2.24, 2.45) is 0 Å². The van der Waals surface area contributed by atoms with E-state index < -0.39 is 6.04 Å². The van der Waals surface area contributed by atoms with E-state index >= 15 is 0 Å². The van der Waals surface area contributed by atoms with Gasteiger partial charge in [-0.25, -0.2) is 0 Å². The number of rotatable bonds is 9. The van der Waals surface area contributed by atoms with Crippen molar-refractivity contribution in [1.29, 1.82) is 0 Å². The summed E-state index contributed by atoms with van der Waals surface area (Å²) in [6.07, 6.45) is 0.407. The molecule has 0 saturated carbocycles. The van der Waals surface area contributed by atoms with Crippen LogP contribution in [0.2, 0.25) is 0 Å². The maximum atomic E-state index is 13.4. The number of nitrogens with zero attached hydrogens (tertiary/aromatic N) is 1. The predicted molar refractivity (Wildman–Crippen MR) is 129 cm³/mol. The molecule has 0 aromatic heterocycles. The van der Waals surface area contributed by atoms with E-state index in [4.69, 9.17) is 4.74 Å². The minimum Gasteiger partial charge on any atom is -0.484 e. The van der Waals surface area contributed by atoms with Crippen LogP contribution < -0.4 is 10.1 Å². The first-order chi connectivity index (χ1) is 15.5. The molecule has 0 saturated heterocycles. The van der Waals surface area contributed by atoms with Gasteiger partial charge in [-0.3, -0.25) is 9.59 Å². The van der Waals surface area contributed by atoms with E-state index in [-0.39, 0.29) is 18.4 Å². The second-order valence-electron chi connectivity index (χ2n) is 7.58. The lowest BCUT2D eigenvalue weighted by Crippen LogP contribution is -2.51. The molecule has 2 amide bonds. The van der Waals surface area contributed by atoms with Gasteiger partial charge in [-0.05, 0) is 47.9 Å².